The van der Waals surface area contributed by atoms with E-state index >= 15 is 0 Å². The van der Waals surface area contributed by atoms with Crippen molar-refractivity contribution in [3.05, 3.63) is 29.8 Å². The SMILES string of the molecule is COCC(CO)NCc1cccc(OC)c1. The van der Waals surface area contributed by atoms with Crippen LogP contribution in [-0.2, 0) is 11.3 Å². The van der Waals surface area contributed by atoms with Gasteiger partial charge in [0.15, 0.2) is 0 Å². The summed E-state index contributed by atoms with van der Waals surface area (Å²) < 4.78 is 10.1. The van der Waals surface area contributed by atoms with Gasteiger partial charge < -0.3 is 19.9 Å². The van der Waals surface area contributed by atoms with Crippen LogP contribution in [0.2, 0.25) is 0 Å². The van der Waals surface area contributed by atoms with Crippen molar-refractivity contribution < 1.29 is 14.6 Å². The van der Waals surface area contributed by atoms with Gasteiger partial charge in [-0.3, -0.25) is 0 Å². The van der Waals surface area contributed by atoms with Gasteiger partial charge in [-0.2, -0.15) is 0 Å². The zero-order valence-electron chi connectivity index (χ0n) is 9.77. The second-order valence-electron chi connectivity index (χ2n) is 3.57. The normalized spacial score (nSPS) is 12.4. The first kappa shape index (κ1) is 13.0. The molecule has 0 aromatic heterocycles. The zero-order chi connectivity index (χ0) is 11.8. The summed E-state index contributed by atoms with van der Waals surface area (Å²) in [6.45, 7) is 1.25. The van der Waals surface area contributed by atoms with E-state index in [1.807, 2.05) is 24.3 Å². The molecular weight excluding hydrogens is 206 g/mol. The molecule has 2 N–H and O–H groups in total. The molecular formula is C12H19NO3. The minimum Gasteiger partial charge on any atom is -0.497 e. The van der Waals surface area contributed by atoms with Gasteiger partial charge in [0.05, 0.1) is 26.4 Å². The molecule has 90 valence electrons. The predicted octanol–water partition coefficient (Wildman–Crippen LogP) is 0.792. The van der Waals surface area contributed by atoms with Crippen LogP contribution in [0.4, 0.5) is 0 Å². The Labute approximate surface area is 96.2 Å². The molecule has 1 atom stereocenters. The van der Waals surface area contributed by atoms with Crippen LogP contribution in [0.25, 0.3) is 0 Å². The molecule has 0 fully saturated rings. The molecule has 0 saturated carbocycles. The third-order valence-electron chi connectivity index (χ3n) is 2.32. The van der Waals surface area contributed by atoms with Crippen molar-refractivity contribution in [2.75, 3.05) is 27.4 Å². The van der Waals surface area contributed by atoms with Crippen LogP contribution in [0, 0.1) is 0 Å². The molecule has 0 bridgehead atoms. The van der Waals surface area contributed by atoms with Crippen molar-refractivity contribution in [2.45, 2.75) is 12.6 Å². The number of ether oxygens (including phenoxy) is 2. The lowest BCUT2D eigenvalue weighted by Crippen LogP contribution is -2.35. The van der Waals surface area contributed by atoms with E-state index in [0.29, 0.717) is 13.2 Å². The number of hydrogen-bond donors (Lipinski definition) is 2. The van der Waals surface area contributed by atoms with Crippen LogP contribution in [-0.4, -0.2) is 38.6 Å². The quantitative estimate of drug-likeness (QED) is 0.720. The fourth-order valence-electron chi connectivity index (χ4n) is 1.42. The monoisotopic (exact) mass is 225 g/mol. The van der Waals surface area contributed by atoms with E-state index in [2.05, 4.69) is 5.32 Å². The molecule has 4 heteroatoms. The first-order chi connectivity index (χ1) is 7.80. The van der Waals surface area contributed by atoms with E-state index < -0.39 is 0 Å². The Morgan fingerprint density at radius 3 is 2.81 bits per heavy atom. The molecule has 16 heavy (non-hydrogen) atoms. The third kappa shape index (κ3) is 4.18. The fourth-order valence-corrected chi connectivity index (χ4v) is 1.42. The Kier molecular flexibility index (Phi) is 5.85. The maximum atomic E-state index is 9.07. The summed E-state index contributed by atoms with van der Waals surface area (Å²) in [7, 11) is 3.27. The molecule has 4 nitrogen and oxygen atoms in total. The molecule has 1 unspecified atom stereocenters. The number of benzene rings is 1. The highest BCUT2D eigenvalue weighted by Gasteiger charge is 2.05. The van der Waals surface area contributed by atoms with Crippen molar-refractivity contribution in [1.29, 1.82) is 0 Å². The molecule has 0 amide bonds. The smallest absolute Gasteiger partial charge is 0.119 e. The average Bonchev–Trinajstić information content (AvgIpc) is 2.34. The predicted molar refractivity (Wildman–Crippen MR) is 62.6 cm³/mol. The van der Waals surface area contributed by atoms with E-state index in [1.54, 1.807) is 14.2 Å². The molecule has 0 heterocycles. The van der Waals surface area contributed by atoms with E-state index in [4.69, 9.17) is 14.6 Å². The van der Waals surface area contributed by atoms with Gasteiger partial charge in [0.2, 0.25) is 0 Å². The molecule has 1 rings (SSSR count). The molecule has 0 saturated heterocycles. The number of aliphatic hydroxyl groups is 1. The van der Waals surface area contributed by atoms with Crippen LogP contribution in [0.3, 0.4) is 0 Å². The highest BCUT2D eigenvalue weighted by Crippen LogP contribution is 2.12. The fraction of sp³-hybridized carbons (Fsp3) is 0.500. The molecule has 1 aromatic carbocycles. The van der Waals surface area contributed by atoms with Crippen molar-refractivity contribution in [3.8, 4) is 5.75 Å². The minimum absolute atomic E-state index is 0.0313. The van der Waals surface area contributed by atoms with Gasteiger partial charge in [-0.05, 0) is 17.7 Å². The lowest BCUT2D eigenvalue weighted by atomic mass is 10.2. The van der Waals surface area contributed by atoms with Gasteiger partial charge in [-0.25, -0.2) is 0 Å². The zero-order valence-corrected chi connectivity index (χ0v) is 9.77. The Bertz CT molecular complexity index is 304. The van der Waals surface area contributed by atoms with Crippen LogP contribution in [0.1, 0.15) is 5.56 Å². The first-order valence-electron chi connectivity index (χ1n) is 5.26. The molecule has 0 aliphatic carbocycles. The van der Waals surface area contributed by atoms with Crippen molar-refractivity contribution in [1.82, 2.24) is 5.32 Å². The summed E-state index contributed by atoms with van der Waals surface area (Å²) in [5.74, 6) is 0.839. The second kappa shape index (κ2) is 7.22. The summed E-state index contributed by atoms with van der Waals surface area (Å²) in [6, 6.07) is 7.80. The maximum Gasteiger partial charge on any atom is 0.119 e. The van der Waals surface area contributed by atoms with Gasteiger partial charge in [0, 0.05) is 13.7 Å². The Morgan fingerprint density at radius 2 is 2.19 bits per heavy atom. The van der Waals surface area contributed by atoms with Crippen LogP contribution >= 0.6 is 0 Å². The van der Waals surface area contributed by atoms with Gasteiger partial charge in [0.25, 0.3) is 0 Å². The number of hydrogen-bond acceptors (Lipinski definition) is 4. The topological polar surface area (TPSA) is 50.7 Å². The summed E-state index contributed by atoms with van der Waals surface area (Å²) >= 11 is 0. The summed E-state index contributed by atoms with van der Waals surface area (Å²) in [6.07, 6.45) is 0. The molecule has 0 aliphatic heterocycles. The van der Waals surface area contributed by atoms with Gasteiger partial charge >= 0.3 is 0 Å². The highest BCUT2D eigenvalue weighted by atomic mass is 16.5. The minimum atomic E-state index is -0.0313. The molecule has 0 aliphatic rings. The molecule has 1 aromatic rings. The van der Waals surface area contributed by atoms with Crippen molar-refractivity contribution >= 4 is 0 Å². The molecule has 0 spiro atoms. The lowest BCUT2D eigenvalue weighted by molar-refractivity contribution is 0.128. The first-order valence-corrected chi connectivity index (χ1v) is 5.26. The number of aliphatic hydroxyl groups excluding tert-OH is 1. The van der Waals surface area contributed by atoms with Gasteiger partial charge in [0.1, 0.15) is 5.75 Å². The standard InChI is InChI=1S/C12H19NO3/c1-15-9-11(8-14)13-7-10-4-3-5-12(6-10)16-2/h3-6,11,13-14H,7-9H2,1-2H3. The van der Waals surface area contributed by atoms with Crippen LogP contribution in [0.5, 0.6) is 5.75 Å². The highest BCUT2D eigenvalue weighted by molar-refractivity contribution is 5.28. The Balaban J connectivity index is 2.46. The average molecular weight is 225 g/mol. The van der Waals surface area contributed by atoms with E-state index in [-0.39, 0.29) is 12.6 Å². The van der Waals surface area contributed by atoms with Gasteiger partial charge in [-0.1, -0.05) is 12.1 Å². The Morgan fingerprint density at radius 1 is 1.38 bits per heavy atom. The summed E-state index contributed by atoms with van der Waals surface area (Å²) in [5.41, 5.74) is 1.12. The largest absolute Gasteiger partial charge is 0.497 e. The van der Waals surface area contributed by atoms with Crippen LogP contribution in [0.15, 0.2) is 24.3 Å². The van der Waals surface area contributed by atoms with E-state index in [0.717, 1.165) is 11.3 Å². The van der Waals surface area contributed by atoms with E-state index in [1.165, 1.54) is 0 Å². The van der Waals surface area contributed by atoms with Crippen molar-refractivity contribution in [3.63, 3.8) is 0 Å². The van der Waals surface area contributed by atoms with Crippen molar-refractivity contribution in [2.24, 2.45) is 0 Å². The molecule has 0 radical (unpaired) electrons. The summed E-state index contributed by atoms with van der Waals surface area (Å²) in [5, 5.41) is 12.3. The summed E-state index contributed by atoms with van der Waals surface area (Å²) in [4.78, 5) is 0. The van der Waals surface area contributed by atoms with E-state index in [9.17, 15) is 0 Å². The van der Waals surface area contributed by atoms with Gasteiger partial charge in [-0.15, -0.1) is 0 Å². The third-order valence-corrected chi connectivity index (χ3v) is 2.32. The second-order valence-corrected chi connectivity index (χ2v) is 3.57. The number of rotatable bonds is 7. The Hall–Kier alpha value is -1.10. The van der Waals surface area contributed by atoms with Crippen LogP contribution < -0.4 is 10.1 Å². The lowest BCUT2D eigenvalue weighted by Gasteiger charge is -2.15. The number of methoxy groups -OCH3 is 2. The number of nitrogens with one attached hydrogen (secondary N) is 1. The maximum absolute atomic E-state index is 9.07.